The van der Waals surface area contributed by atoms with Gasteiger partial charge >= 0.3 is 18.2 Å². The average Bonchev–Trinajstić information content (AvgIpc) is 3.13. The van der Waals surface area contributed by atoms with Gasteiger partial charge in [-0.05, 0) is 39.0 Å². The molecule has 1 aliphatic rings. The Bertz CT molecular complexity index is 834. The Morgan fingerprint density at radius 2 is 1.67 bits per heavy atom. The summed E-state index contributed by atoms with van der Waals surface area (Å²) in [7, 11) is 0. The molecule has 0 saturated carbocycles. The van der Waals surface area contributed by atoms with Crippen LogP contribution in [0.25, 0.3) is 0 Å². The topological polar surface area (TPSA) is 143 Å². The van der Waals surface area contributed by atoms with Crippen molar-refractivity contribution in [2.24, 2.45) is 11.8 Å². The van der Waals surface area contributed by atoms with Crippen molar-refractivity contribution >= 4 is 29.4 Å². The first kappa shape index (κ1) is 31.2. The minimum atomic E-state index is -5.11. The fraction of sp³-hybridized carbons (Fsp3) is 0.762. The normalized spacial score (nSPS) is 18.0. The zero-order valence-corrected chi connectivity index (χ0v) is 20.3. The van der Waals surface area contributed by atoms with Crippen molar-refractivity contribution in [1.82, 2.24) is 21.3 Å². The molecule has 0 aromatic heterocycles. The van der Waals surface area contributed by atoms with Gasteiger partial charge in [0.1, 0.15) is 12.6 Å². The van der Waals surface area contributed by atoms with Crippen LogP contribution in [0.5, 0.6) is 0 Å². The SMILES string of the molecule is CC(C)C[C@H](NC(=O)C(=O)NC(C)(C)C(F)F)C(=O)N[C@@H](C[C@@H]1CCNC1=O)C(=O)COC(F)(F)F. The van der Waals surface area contributed by atoms with Crippen molar-refractivity contribution in [3.63, 3.8) is 0 Å². The molecule has 1 fully saturated rings. The van der Waals surface area contributed by atoms with E-state index >= 15 is 0 Å². The van der Waals surface area contributed by atoms with Gasteiger partial charge in [0.2, 0.25) is 11.8 Å². The van der Waals surface area contributed by atoms with Crippen LogP contribution in [-0.4, -0.2) is 73.0 Å². The van der Waals surface area contributed by atoms with Gasteiger partial charge in [-0.25, -0.2) is 8.78 Å². The lowest BCUT2D eigenvalue weighted by Gasteiger charge is -2.27. The summed E-state index contributed by atoms with van der Waals surface area (Å²) in [5, 5.41) is 8.69. The maximum Gasteiger partial charge on any atom is 0.522 e. The van der Waals surface area contributed by atoms with Crippen LogP contribution in [0.15, 0.2) is 0 Å². The highest BCUT2D eigenvalue weighted by Gasteiger charge is 2.37. The number of rotatable bonds is 12. The molecule has 4 amide bonds. The Hall–Kier alpha value is -2.84. The van der Waals surface area contributed by atoms with E-state index in [-0.39, 0.29) is 31.7 Å². The predicted octanol–water partition coefficient (Wildman–Crippen LogP) is 0.794. The van der Waals surface area contributed by atoms with Gasteiger partial charge in [0.05, 0.1) is 11.6 Å². The monoisotopic (exact) mass is 530 g/mol. The summed E-state index contributed by atoms with van der Waals surface area (Å²) in [6, 6.07) is -3.00. The fourth-order valence-electron chi connectivity index (χ4n) is 3.28. The number of carbonyl (C=O) groups is 5. The number of ether oxygens (including phenoxy) is 1. The lowest BCUT2D eigenvalue weighted by Crippen LogP contribution is -2.58. The third kappa shape index (κ3) is 10.4. The van der Waals surface area contributed by atoms with E-state index in [2.05, 4.69) is 20.7 Å². The second-order valence-corrected chi connectivity index (χ2v) is 9.41. The molecule has 0 radical (unpaired) electrons. The fourth-order valence-corrected chi connectivity index (χ4v) is 3.28. The largest absolute Gasteiger partial charge is 0.522 e. The highest BCUT2D eigenvalue weighted by molar-refractivity contribution is 6.35. The molecule has 0 unspecified atom stereocenters. The summed E-state index contributed by atoms with van der Waals surface area (Å²) >= 11 is 0. The molecule has 0 aliphatic carbocycles. The van der Waals surface area contributed by atoms with Crippen molar-refractivity contribution in [3.8, 4) is 0 Å². The number of hydrogen-bond donors (Lipinski definition) is 4. The van der Waals surface area contributed by atoms with Crippen LogP contribution in [0.1, 0.15) is 47.0 Å². The van der Waals surface area contributed by atoms with E-state index in [4.69, 9.17) is 0 Å². The van der Waals surface area contributed by atoms with Gasteiger partial charge < -0.3 is 21.3 Å². The molecule has 36 heavy (non-hydrogen) atoms. The van der Waals surface area contributed by atoms with Gasteiger partial charge in [0, 0.05) is 12.5 Å². The van der Waals surface area contributed by atoms with Crippen molar-refractivity contribution in [2.45, 2.75) is 77.4 Å². The molecule has 10 nitrogen and oxygen atoms in total. The zero-order chi connectivity index (χ0) is 27.8. The molecule has 3 atom stereocenters. The summed E-state index contributed by atoms with van der Waals surface area (Å²) in [6.45, 7) is 4.16. The van der Waals surface area contributed by atoms with Crippen molar-refractivity contribution in [3.05, 3.63) is 0 Å². The summed E-state index contributed by atoms with van der Waals surface area (Å²) in [4.78, 5) is 61.6. The number of alkyl halides is 5. The maximum absolute atomic E-state index is 13.0. The van der Waals surface area contributed by atoms with Gasteiger partial charge in [-0.3, -0.25) is 28.7 Å². The summed E-state index contributed by atoms with van der Waals surface area (Å²) < 4.78 is 66.8. The molecule has 1 heterocycles. The number of carbonyl (C=O) groups excluding carboxylic acids is 5. The summed E-state index contributed by atoms with van der Waals surface area (Å²) in [6.07, 6.45) is -8.20. The second kappa shape index (κ2) is 12.9. The molecule has 1 aliphatic heterocycles. The molecule has 4 N–H and O–H groups in total. The molecule has 1 rings (SSSR count). The predicted molar refractivity (Wildman–Crippen MR) is 114 cm³/mol. The van der Waals surface area contributed by atoms with Gasteiger partial charge in [-0.1, -0.05) is 13.8 Å². The highest BCUT2D eigenvalue weighted by atomic mass is 19.4. The first-order valence-electron chi connectivity index (χ1n) is 11.2. The first-order chi connectivity index (χ1) is 16.4. The van der Waals surface area contributed by atoms with Crippen LogP contribution >= 0.6 is 0 Å². The van der Waals surface area contributed by atoms with Crippen molar-refractivity contribution < 1.29 is 50.7 Å². The molecule has 206 valence electrons. The number of amides is 4. The number of nitrogens with one attached hydrogen (secondary N) is 4. The molecule has 15 heteroatoms. The minimum Gasteiger partial charge on any atom is -0.356 e. The van der Waals surface area contributed by atoms with Crippen LogP contribution in [-0.2, 0) is 28.7 Å². The molecule has 0 aromatic rings. The Morgan fingerprint density at radius 3 is 2.14 bits per heavy atom. The molecular formula is C21H31F5N4O6. The molecule has 1 saturated heterocycles. The van der Waals surface area contributed by atoms with Crippen LogP contribution in [0.3, 0.4) is 0 Å². The van der Waals surface area contributed by atoms with Gasteiger partial charge in [0.15, 0.2) is 5.78 Å². The van der Waals surface area contributed by atoms with Gasteiger partial charge in [-0.2, -0.15) is 0 Å². The summed E-state index contributed by atoms with van der Waals surface area (Å²) in [5.74, 6) is -6.45. The van der Waals surface area contributed by atoms with E-state index in [1.807, 2.05) is 5.32 Å². The molecular weight excluding hydrogens is 499 g/mol. The van der Waals surface area contributed by atoms with E-state index in [1.54, 1.807) is 13.8 Å². The van der Waals surface area contributed by atoms with Crippen molar-refractivity contribution in [1.29, 1.82) is 0 Å². The number of hydrogen-bond acceptors (Lipinski definition) is 6. The second-order valence-electron chi connectivity index (χ2n) is 9.41. The van der Waals surface area contributed by atoms with E-state index in [9.17, 15) is 45.9 Å². The van der Waals surface area contributed by atoms with E-state index in [0.29, 0.717) is 0 Å². The number of Topliss-reactive ketones (excluding diaryl/α,β-unsaturated/α-hetero) is 1. The van der Waals surface area contributed by atoms with Crippen LogP contribution in [0, 0.1) is 11.8 Å². The van der Waals surface area contributed by atoms with Crippen molar-refractivity contribution in [2.75, 3.05) is 13.2 Å². The summed E-state index contributed by atoms with van der Waals surface area (Å²) in [5.41, 5.74) is -2.04. The Labute approximate surface area is 204 Å². The number of halogens is 5. The van der Waals surface area contributed by atoms with Crippen LogP contribution in [0.4, 0.5) is 22.0 Å². The Balaban J connectivity index is 3.01. The third-order valence-corrected chi connectivity index (χ3v) is 5.28. The molecule has 0 bridgehead atoms. The van der Waals surface area contributed by atoms with Gasteiger partial charge in [-0.15, -0.1) is 13.2 Å². The number of ketones is 1. The minimum absolute atomic E-state index is 0.0625. The zero-order valence-electron chi connectivity index (χ0n) is 20.3. The quantitative estimate of drug-likeness (QED) is 0.217. The Kier molecular flexibility index (Phi) is 11.2. The lowest BCUT2D eigenvalue weighted by atomic mass is 9.95. The van der Waals surface area contributed by atoms with Crippen LogP contribution in [0.2, 0.25) is 0 Å². The smallest absolute Gasteiger partial charge is 0.356 e. The molecule has 0 spiro atoms. The standard InChI is InChI=1S/C21H31F5N4O6/c1-10(2)7-13(29-17(34)18(35)30-20(3,4)19(22)23)16(33)28-12(8-11-5-6-27-15(11)32)14(31)9-36-21(24,25)26/h10-13,19H,5-9H2,1-4H3,(H,27,32)(H,28,33)(H,29,34)(H,30,35)/t11-,12-,13-/m0/s1. The van der Waals surface area contributed by atoms with E-state index in [0.717, 1.165) is 13.8 Å². The molecule has 0 aromatic carbocycles. The van der Waals surface area contributed by atoms with E-state index < -0.39 is 72.3 Å². The first-order valence-corrected chi connectivity index (χ1v) is 11.2. The lowest BCUT2D eigenvalue weighted by molar-refractivity contribution is -0.321. The highest BCUT2D eigenvalue weighted by Crippen LogP contribution is 2.20. The average molecular weight is 530 g/mol. The van der Waals surface area contributed by atoms with E-state index in [1.165, 1.54) is 0 Å². The van der Waals surface area contributed by atoms with Gasteiger partial charge in [0.25, 0.3) is 6.43 Å². The maximum atomic E-state index is 13.0. The Morgan fingerprint density at radius 1 is 1.06 bits per heavy atom. The third-order valence-electron chi connectivity index (χ3n) is 5.28. The van der Waals surface area contributed by atoms with Crippen LogP contribution < -0.4 is 21.3 Å².